The Morgan fingerprint density at radius 1 is 1.27 bits per heavy atom. The average molecular weight is 445 g/mol. The molecule has 1 aromatic rings. The second kappa shape index (κ2) is 11.4. The molecule has 0 N–H and O–H groups in total. The molecule has 0 amide bonds. The van der Waals surface area contributed by atoms with Gasteiger partial charge in [-0.1, -0.05) is 62.4 Å². The minimum absolute atomic E-state index is 0.398. The smallest absolute Gasteiger partial charge is 0.0781 e. The Morgan fingerprint density at radius 3 is 2.70 bits per heavy atom. The fourth-order valence-electron chi connectivity index (χ4n) is 4.00. The molecule has 0 radical (unpaired) electrons. The van der Waals surface area contributed by atoms with Gasteiger partial charge in [-0.05, 0) is 55.6 Å². The van der Waals surface area contributed by atoms with Gasteiger partial charge in [-0.15, -0.1) is 11.8 Å². The number of hydrogen-bond acceptors (Lipinski definition) is 5. The first-order valence-corrected chi connectivity index (χ1v) is 12.9. The van der Waals surface area contributed by atoms with Gasteiger partial charge in [0.2, 0.25) is 0 Å². The molecule has 1 fully saturated rings. The molecule has 0 saturated carbocycles. The van der Waals surface area contributed by atoms with Crippen LogP contribution in [0.3, 0.4) is 0 Å². The normalized spacial score (nSPS) is 20.7. The molecule has 1 aromatic carbocycles. The van der Waals surface area contributed by atoms with Crippen molar-refractivity contribution in [1.82, 2.24) is 5.01 Å². The number of nitrogens with zero attached hydrogens (tertiary/aromatic N) is 2. The first kappa shape index (κ1) is 23.5. The molecule has 1 saturated heterocycles. The zero-order chi connectivity index (χ0) is 21.5. The number of aryl methyl sites for hydroxylation is 1. The highest BCUT2D eigenvalue weighted by Crippen LogP contribution is 2.38. The molecule has 2 atom stereocenters. The van der Waals surface area contributed by atoms with Crippen LogP contribution >= 0.6 is 23.5 Å². The van der Waals surface area contributed by atoms with E-state index in [4.69, 9.17) is 9.84 Å². The monoisotopic (exact) mass is 444 g/mol. The van der Waals surface area contributed by atoms with E-state index in [1.807, 2.05) is 23.5 Å². The minimum atomic E-state index is 0.398. The van der Waals surface area contributed by atoms with Crippen molar-refractivity contribution < 1.29 is 4.74 Å². The Kier molecular flexibility index (Phi) is 8.97. The van der Waals surface area contributed by atoms with Crippen LogP contribution in [0.4, 0.5) is 0 Å². The lowest BCUT2D eigenvalue weighted by Gasteiger charge is -2.27. The van der Waals surface area contributed by atoms with E-state index in [0.29, 0.717) is 16.5 Å². The summed E-state index contributed by atoms with van der Waals surface area (Å²) in [6, 6.07) is 9.24. The lowest BCUT2D eigenvalue weighted by atomic mass is 10.1. The second-order valence-corrected chi connectivity index (χ2v) is 11.2. The first-order valence-electron chi connectivity index (χ1n) is 11.2. The lowest BCUT2D eigenvalue weighted by Crippen LogP contribution is -2.32. The Bertz CT molecular complexity index is 783. The van der Waals surface area contributed by atoms with Gasteiger partial charge in [0.1, 0.15) is 0 Å². The zero-order valence-corrected chi connectivity index (χ0v) is 20.7. The van der Waals surface area contributed by atoms with Crippen LogP contribution in [0, 0.1) is 6.92 Å². The third-order valence-electron chi connectivity index (χ3n) is 5.50. The van der Waals surface area contributed by atoms with Crippen molar-refractivity contribution in [3.8, 4) is 0 Å². The van der Waals surface area contributed by atoms with Crippen LogP contribution < -0.4 is 0 Å². The molecule has 3 nitrogen and oxygen atoms in total. The molecule has 2 aliphatic rings. The summed E-state index contributed by atoms with van der Waals surface area (Å²) in [5.41, 5.74) is 3.98. The molecule has 164 valence electrons. The van der Waals surface area contributed by atoms with Crippen LogP contribution in [0.1, 0.15) is 52.0 Å². The van der Waals surface area contributed by atoms with E-state index in [1.165, 1.54) is 39.5 Å². The van der Waals surface area contributed by atoms with Crippen LogP contribution in [0.25, 0.3) is 0 Å². The largest absolute Gasteiger partial charge is 0.382 e. The summed E-state index contributed by atoms with van der Waals surface area (Å²) >= 11 is 3.91. The van der Waals surface area contributed by atoms with Gasteiger partial charge in [-0.3, -0.25) is 5.01 Å². The zero-order valence-electron chi connectivity index (χ0n) is 19.1. The molecule has 3 rings (SSSR count). The summed E-state index contributed by atoms with van der Waals surface area (Å²) in [4.78, 5) is 2.64. The summed E-state index contributed by atoms with van der Waals surface area (Å²) in [6.07, 6.45) is 9.02. The molecule has 0 aromatic heterocycles. The van der Waals surface area contributed by atoms with Crippen molar-refractivity contribution in [3.63, 3.8) is 0 Å². The summed E-state index contributed by atoms with van der Waals surface area (Å²) in [5, 5.41) is 8.63. The molecular formula is C25H36N2OS2. The van der Waals surface area contributed by atoms with Crippen LogP contribution in [-0.2, 0) is 4.74 Å². The average Bonchev–Trinajstić information content (AvgIpc) is 3.36. The highest BCUT2D eigenvalue weighted by molar-refractivity contribution is 8.03. The van der Waals surface area contributed by atoms with E-state index < -0.39 is 0 Å². The van der Waals surface area contributed by atoms with Crippen LogP contribution in [0.5, 0.6) is 0 Å². The van der Waals surface area contributed by atoms with Crippen molar-refractivity contribution in [2.24, 2.45) is 5.10 Å². The standard InChI is InChI=1S/C25H36N2OS2/c1-6-23(29-18(2)3)25(26-27-16-8-9-20(27)17-28-5)22-10-7-11-24(22)30-21-14-12-19(4)13-15-21/h7,11-15,18,20,23H,6,8-10,16-17H2,1-5H3/b26-25-. The maximum absolute atomic E-state index is 5.48. The Morgan fingerprint density at radius 2 is 2.03 bits per heavy atom. The molecule has 0 spiro atoms. The topological polar surface area (TPSA) is 24.8 Å². The Labute approximate surface area is 191 Å². The molecule has 30 heavy (non-hydrogen) atoms. The van der Waals surface area contributed by atoms with E-state index in [-0.39, 0.29) is 0 Å². The maximum Gasteiger partial charge on any atom is 0.0781 e. The van der Waals surface area contributed by atoms with Crippen molar-refractivity contribution in [2.45, 2.75) is 74.8 Å². The van der Waals surface area contributed by atoms with E-state index in [1.54, 1.807) is 7.11 Å². The van der Waals surface area contributed by atoms with E-state index in [9.17, 15) is 0 Å². The van der Waals surface area contributed by atoms with Gasteiger partial charge < -0.3 is 4.74 Å². The molecule has 1 aliphatic heterocycles. The third-order valence-corrected chi connectivity index (χ3v) is 8.04. The van der Waals surface area contributed by atoms with Gasteiger partial charge in [-0.2, -0.15) is 5.10 Å². The third kappa shape index (κ3) is 6.18. The number of thioether (sulfide) groups is 2. The first-order chi connectivity index (χ1) is 14.5. The molecule has 1 heterocycles. The number of hydrogen-bond donors (Lipinski definition) is 0. The number of allylic oxidation sites excluding steroid dienone is 3. The minimum Gasteiger partial charge on any atom is -0.382 e. The summed E-state index contributed by atoms with van der Waals surface area (Å²) in [6.45, 7) is 10.8. The number of ether oxygens (including phenoxy) is 1. The van der Waals surface area contributed by atoms with Crippen LogP contribution in [0.2, 0.25) is 0 Å². The van der Waals surface area contributed by atoms with Crippen molar-refractivity contribution in [3.05, 3.63) is 52.5 Å². The number of methoxy groups -OCH3 is 1. The van der Waals surface area contributed by atoms with Crippen molar-refractivity contribution in [1.29, 1.82) is 0 Å². The van der Waals surface area contributed by atoms with Crippen molar-refractivity contribution in [2.75, 3.05) is 20.3 Å². The summed E-state index contributed by atoms with van der Waals surface area (Å²) in [7, 11) is 1.80. The predicted octanol–water partition coefficient (Wildman–Crippen LogP) is 6.69. The number of benzene rings is 1. The SMILES string of the molecule is CCC(SC(C)C)/C(=N\N1CCCC1COC)C1=C(Sc2ccc(C)cc2)C=CC1. The van der Waals surface area contributed by atoms with E-state index in [2.05, 4.69) is 69.1 Å². The second-order valence-electron chi connectivity index (χ2n) is 8.35. The fraction of sp³-hybridized carbons (Fsp3) is 0.560. The predicted molar refractivity (Wildman–Crippen MR) is 134 cm³/mol. The molecule has 0 bridgehead atoms. The molecular weight excluding hydrogens is 408 g/mol. The Balaban J connectivity index is 1.95. The van der Waals surface area contributed by atoms with Crippen LogP contribution in [-0.4, -0.2) is 47.5 Å². The number of hydrazone groups is 1. The summed E-state index contributed by atoms with van der Waals surface area (Å²) < 4.78 is 5.48. The van der Waals surface area contributed by atoms with Gasteiger partial charge in [-0.25, -0.2) is 0 Å². The Hall–Kier alpha value is -1.17. The van der Waals surface area contributed by atoms with Gasteiger partial charge in [0.15, 0.2) is 0 Å². The van der Waals surface area contributed by atoms with Crippen molar-refractivity contribution >= 4 is 29.2 Å². The molecule has 2 unspecified atom stereocenters. The van der Waals surface area contributed by atoms with Crippen LogP contribution in [0.15, 0.2) is 56.9 Å². The molecule has 1 aliphatic carbocycles. The lowest BCUT2D eigenvalue weighted by molar-refractivity contribution is 0.118. The highest BCUT2D eigenvalue weighted by Gasteiger charge is 2.29. The van der Waals surface area contributed by atoms with Gasteiger partial charge in [0, 0.05) is 28.7 Å². The quantitative estimate of drug-likeness (QED) is 0.375. The fourth-order valence-corrected chi connectivity index (χ4v) is 6.17. The maximum atomic E-state index is 5.48. The summed E-state index contributed by atoms with van der Waals surface area (Å²) in [5.74, 6) is 0. The van der Waals surface area contributed by atoms with Gasteiger partial charge in [0.05, 0.1) is 18.4 Å². The van der Waals surface area contributed by atoms with E-state index in [0.717, 1.165) is 26.0 Å². The highest BCUT2D eigenvalue weighted by atomic mass is 32.2. The van der Waals surface area contributed by atoms with Gasteiger partial charge >= 0.3 is 0 Å². The number of rotatable bonds is 10. The molecule has 5 heteroatoms. The van der Waals surface area contributed by atoms with Gasteiger partial charge in [0.25, 0.3) is 0 Å². The van der Waals surface area contributed by atoms with E-state index >= 15 is 0 Å².